The van der Waals surface area contributed by atoms with Crippen molar-refractivity contribution < 1.29 is 18.0 Å². The van der Waals surface area contributed by atoms with Crippen LogP contribution in [-0.2, 0) is 4.79 Å². The molecular formula is C15H25F3N2OS. The number of aryl methyl sites for hydroxylation is 1. The summed E-state index contributed by atoms with van der Waals surface area (Å²) in [5, 5.41) is 3.29. The molecular weight excluding hydrogens is 313 g/mol. The third-order valence-electron chi connectivity index (χ3n) is 2.36. The first-order valence-corrected chi connectivity index (χ1v) is 7.86. The van der Waals surface area contributed by atoms with Crippen LogP contribution in [0.1, 0.15) is 33.4 Å². The van der Waals surface area contributed by atoms with Crippen molar-refractivity contribution in [3.63, 3.8) is 0 Å². The monoisotopic (exact) mass is 338 g/mol. The Bertz CT molecular complexity index is 423. The topological polar surface area (TPSA) is 42.0 Å². The number of aldehydes is 1. The predicted octanol–water partition coefficient (Wildman–Crippen LogP) is 4.25. The first kappa shape index (κ1) is 23.2. The molecule has 1 heterocycles. The molecule has 0 aliphatic heterocycles. The molecule has 0 unspecified atom stereocenters. The van der Waals surface area contributed by atoms with Crippen LogP contribution in [-0.4, -0.2) is 35.8 Å². The van der Waals surface area contributed by atoms with Crippen molar-refractivity contribution in [2.45, 2.75) is 51.2 Å². The molecule has 0 aliphatic carbocycles. The van der Waals surface area contributed by atoms with Gasteiger partial charge in [0.15, 0.2) is 0 Å². The number of rotatable bonds is 4. The zero-order valence-electron chi connectivity index (χ0n) is 13.9. The zero-order chi connectivity index (χ0) is 17.8. The highest BCUT2D eigenvalue weighted by atomic mass is 32.2. The minimum atomic E-state index is -4.64. The number of carbonyl (C=O) groups is 1. The van der Waals surface area contributed by atoms with Crippen LogP contribution in [0.5, 0.6) is 0 Å². The number of carbonyl (C=O) groups excluding carboxylic acids is 1. The number of hydrogen-bond donors (Lipinski definition) is 1. The summed E-state index contributed by atoms with van der Waals surface area (Å²) in [5.74, 6) is 1.05. The Hall–Kier alpha value is -1.08. The Balaban J connectivity index is 0. The summed E-state index contributed by atoms with van der Waals surface area (Å²) in [6.45, 7) is 10.5. The third-order valence-corrected chi connectivity index (χ3v) is 3.97. The van der Waals surface area contributed by atoms with Gasteiger partial charge in [0.2, 0.25) is 6.29 Å². The Labute approximate surface area is 135 Å². The fraction of sp³-hybridized carbons (Fsp3) is 0.600. The normalized spacial score (nSPS) is 10.8. The molecule has 1 rings (SSSR count). The van der Waals surface area contributed by atoms with Crippen molar-refractivity contribution in [2.75, 3.05) is 12.8 Å². The molecule has 128 valence electrons. The number of nitrogens with zero attached hydrogens (tertiary/aromatic N) is 1. The van der Waals surface area contributed by atoms with Crippen LogP contribution in [0.15, 0.2) is 23.2 Å². The van der Waals surface area contributed by atoms with E-state index in [2.05, 4.69) is 37.1 Å². The number of aromatic nitrogens is 1. The lowest BCUT2D eigenvalue weighted by Gasteiger charge is -2.23. The van der Waals surface area contributed by atoms with Gasteiger partial charge in [0.05, 0.1) is 5.69 Å². The molecule has 0 spiro atoms. The molecule has 22 heavy (non-hydrogen) atoms. The maximum Gasteiger partial charge on any atom is 0.446 e. The van der Waals surface area contributed by atoms with Crippen LogP contribution in [0.4, 0.5) is 13.2 Å². The van der Waals surface area contributed by atoms with Crippen LogP contribution in [0, 0.1) is 6.92 Å². The van der Waals surface area contributed by atoms with E-state index in [1.54, 1.807) is 0 Å². The summed E-state index contributed by atoms with van der Waals surface area (Å²) < 4.78 is 31.2. The summed E-state index contributed by atoms with van der Waals surface area (Å²) in [5.41, 5.74) is 1.29. The number of alkyl halides is 3. The van der Waals surface area contributed by atoms with Gasteiger partial charge in [-0.15, -0.1) is 11.8 Å². The lowest BCUT2D eigenvalue weighted by atomic mass is 10.1. The molecule has 0 radical (unpaired) electrons. The smallest absolute Gasteiger partial charge is 0.314 e. The van der Waals surface area contributed by atoms with E-state index < -0.39 is 12.5 Å². The maximum atomic E-state index is 10.4. The Morgan fingerprint density at radius 2 is 1.82 bits per heavy atom. The number of thioether (sulfide) groups is 1. The van der Waals surface area contributed by atoms with Gasteiger partial charge in [0.25, 0.3) is 0 Å². The molecule has 1 aromatic heterocycles. The molecule has 0 atom stereocenters. The van der Waals surface area contributed by atoms with E-state index in [0.29, 0.717) is 0 Å². The van der Waals surface area contributed by atoms with Crippen LogP contribution in [0.3, 0.4) is 0 Å². The van der Waals surface area contributed by atoms with Gasteiger partial charge in [-0.05, 0) is 40.0 Å². The lowest BCUT2D eigenvalue weighted by Crippen LogP contribution is -2.38. The highest BCUT2D eigenvalue weighted by molar-refractivity contribution is 7.99. The zero-order valence-corrected chi connectivity index (χ0v) is 14.7. The fourth-order valence-corrected chi connectivity index (χ4v) is 2.05. The summed E-state index contributed by atoms with van der Waals surface area (Å²) in [7, 11) is 2.00. The van der Waals surface area contributed by atoms with Crippen LogP contribution >= 0.6 is 11.8 Å². The summed E-state index contributed by atoms with van der Waals surface area (Å²) in [4.78, 5) is 14.2. The molecule has 0 amide bonds. The number of halogens is 3. The Morgan fingerprint density at radius 1 is 1.32 bits per heavy atom. The van der Waals surface area contributed by atoms with Gasteiger partial charge in [0.1, 0.15) is 0 Å². The largest absolute Gasteiger partial charge is 0.446 e. The number of nitrogens with one attached hydrogen (secondary N) is 1. The Kier molecular flexibility index (Phi) is 12.1. The van der Waals surface area contributed by atoms with E-state index in [9.17, 15) is 13.2 Å². The number of pyridine rings is 1. The minimum Gasteiger partial charge on any atom is -0.314 e. The highest BCUT2D eigenvalue weighted by Crippen LogP contribution is 2.23. The van der Waals surface area contributed by atoms with Gasteiger partial charge < -0.3 is 5.32 Å². The van der Waals surface area contributed by atoms with Gasteiger partial charge in [0, 0.05) is 22.4 Å². The van der Waals surface area contributed by atoms with Crippen molar-refractivity contribution >= 4 is 18.0 Å². The van der Waals surface area contributed by atoms with E-state index in [4.69, 9.17) is 4.79 Å². The minimum absolute atomic E-state index is 0.174. The van der Waals surface area contributed by atoms with Crippen molar-refractivity contribution in [3.8, 4) is 0 Å². The SMILES string of the molecule is CC.CNC(C)(C)CSc1cccnc1C.O=CC(F)(F)F. The fourth-order valence-electron chi connectivity index (χ4n) is 0.952. The molecule has 0 aliphatic rings. The molecule has 0 aromatic carbocycles. The standard InChI is InChI=1S/C11H18N2S.C2HF3O.C2H6/c1-9-10(6-5-7-13-9)14-8-11(2,3)12-4;3-2(4,5)1-6;1-2/h5-7,12H,8H2,1-4H3;1H;1-2H3. The highest BCUT2D eigenvalue weighted by Gasteiger charge is 2.24. The molecule has 3 nitrogen and oxygen atoms in total. The van der Waals surface area contributed by atoms with E-state index in [1.165, 1.54) is 4.90 Å². The second-order valence-corrected chi connectivity index (χ2v) is 5.69. The van der Waals surface area contributed by atoms with Gasteiger partial charge >= 0.3 is 6.18 Å². The molecule has 1 N–H and O–H groups in total. The second kappa shape index (κ2) is 11.5. The Morgan fingerprint density at radius 3 is 2.18 bits per heavy atom. The quantitative estimate of drug-likeness (QED) is 0.658. The molecule has 1 aromatic rings. The van der Waals surface area contributed by atoms with Crippen molar-refractivity contribution in [3.05, 3.63) is 24.0 Å². The van der Waals surface area contributed by atoms with Crippen LogP contribution in [0.25, 0.3) is 0 Å². The lowest BCUT2D eigenvalue weighted by molar-refractivity contribution is -0.156. The molecule has 0 saturated carbocycles. The van der Waals surface area contributed by atoms with Gasteiger partial charge in [-0.3, -0.25) is 9.78 Å². The average Bonchev–Trinajstić information content (AvgIpc) is 2.48. The summed E-state index contributed by atoms with van der Waals surface area (Å²) in [6.07, 6.45) is -3.87. The van der Waals surface area contributed by atoms with Crippen molar-refractivity contribution in [1.82, 2.24) is 10.3 Å². The summed E-state index contributed by atoms with van der Waals surface area (Å²) >= 11 is 1.85. The van der Waals surface area contributed by atoms with Gasteiger partial charge in [-0.1, -0.05) is 13.8 Å². The van der Waals surface area contributed by atoms with E-state index in [0.717, 1.165) is 11.4 Å². The predicted molar refractivity (Wildman–Crippen MR) is 86.3 cm³/mol. The van der Waals surface area contributed by atoms with Crippen LogP contribution in [0.2, 0.25) is 0 Å². The maximum absolute atomic E-state index is 10.4. The average molecular weight is 338 g/mol. The van der Waals surface area contributed by atoms with Crippen LogP contribution < -0.4 is 5.32 Å². The van der Waals surface area contributed by atoms with Gasteiger partial charge in [-0.25, -0.2) is 0 Å². The molecule has 0 saturated heterocycles. The third kappa shape index (κ3) is 12.6. The van der Waals surface area contributed by atoms with E-state index >= 15 is 0 Å². The van der Waals surface area contributed by atoms with E-state index in [1.807, 2.05) is 44.9 Å². The first-order valence-electron chi connectivity index (χ1n) is 6.87. The number of hydrogen-bond acceptors (Lipinski definition) is 4. The summed E-state index contributed by atoms with van der Waals surface area (Å²) in [6, 6.07) is 4.11. The van der Waals surface area contributed by atoms with Gasteiger partial charge in [-0.2, -0.15) is 13.2 Å². The van der Waals surface area contributed by atoms with E-state index in [-0.39, 0.29) is 5.54 Å². The first-order chi connectivity index (χ1) is 10.1. The molecule has 0 bridgehead atoms. The van der Waals surface area contributed by atoms with Crippen molar-refractivity contribution in [1.29, 1.82) is 0 Å². The molecule has 0 fully saturated rings. The van der Waals surface area contributed by atoms with Crippen molar-refractivity contribution in [2.24, 2.45) is 0 Å². The second-order valence-electron chi connectivity index (χ2n) is 4.67. The molecule has 7 heteroatoms.